The minimum Gasteiger partial charge on any atom is -0.294 e. The quantitative estimate of drug-likeness (QED) is 0.641. The summed E-state index contributed by atoms with van der Waals surface area (Å²) in [6.07, 6.45) is 0. The van der Waals surface area contributed by atoms with Crippen LogP contribution in [0.25, 0.3) is 0 Å². The monoisotopic (exact) mass is 330 g/mol. The molecule has 2 aromatic rings. The minimum absolute atomic E-state index is 0.0453. The fraction of sp³-hybridized carbons (Fsp3) is 0.0714. The first-order valence-electron chi connectivity index (χ1n) is 5.41. The first-order chi connectivity index (χ1) is 8.97. The maximum Gasteiger partial charge on any atom is 0.161 e. The van der Waals surface area contributed by atoms with Crippen molar-refractivity contribution < 1.29 is 4.79 Å². The topological polar surface area (TPSA) is 17.1 Å². The Labute approximate surface area is 130 Å². The average Bonchev–Trinajstić information content (AvgIpc) is 2.33. The summed E-state index contributed by atoms with van der Waals surface area (Å²) in [4.78, 5) is 13.2. The van der Waals surface area contributed by atoms with E-state index in [2.05, 4.69) is 0 Å². The fourth-order valence-electron chi connectivity index (χ4n) is 1.52. The summed E-state index contributed by atoms with van der Waals surface area (Å²) in [5.41, 5.74) is 0.528. The normalized spacial score (nSPS) is 10.5. The Hall–Kier alpha value is -0.670. The van der Waals surface area contributed by atoms with Crippen LogP contribution in [-0.4, -0.2) is 5.78 Å². The van der Waals surface area contributed by atoms with E-state index in [4.69, 9.17) is 34.8 Å². The Balaban J connectivity index is 2.26. The summed E-state index contributed by atoms with van der Waals surface area (Å²) in [6, 6.07) is 10.8. The van der Waals surface area contributed by atoms with Crippen LogP contribution in [0.3, 0.4) is 0 Å². The van der Waals surface area contributed by atoms with E-state index < -0.39 is 0 Å². The number of Topliss-reactive ketones (excluding diaryl/α,β-unsaturated/α-hetero) is 1. The van der Waals surface area contributed by atoms with E-state index in [0.717, 1.165) is 9.79 Å². The highest BCUT2D eigenvalue weighted by atomic mass is 35.5. The van der Waals surface area contributed by atoms with Gasteiger partial charge in [-0.1, -0.05) is 46.6 Å². The number of carbonyl (C=O) groups is 1. The number of carbonyl (C=O) groups excluding carboxylic acids is 1. The molecule has 0 saturated heterocycles. The molecular weight excluding hydrogens is 323 g/mol. The van der Waals surface area contributed by atoms with E-state index in [-0.39, 0.29) is 5.78 Å². The lowest BCUT2D eigenvalue weighted by Gasteiger charge is -2.06. The van der Waals surface area contributed by atoms with Gasteiger partial charge in [0.25, 0.3) is 0 Å². The smallest absolute Gasteiger partial charge is 0.161 e. The molecule has 0 aromatic heterocycles. The SMILES string of the molecule is CC(=O)c1ccc(Sc2ccc(Cl)c(Cl)c2)cc1Cl. The lowest BCUT2D eigenvalue weighted by molar-refractivity contribution is 0.101. The largest absolute Gasteiger partial charge is 0.294 e. The minimum atomic E-state index is -0.0453. The first-order valence-corrected chi connectivity index (χ1v) is 7.36. The van der Waals surface area contributed by atoms with Crippen molar-refractivity contribution in [3.8, 4) is 0 Å². The Morgan fingerprint density at radius 1 is 0.895 bits per heavy atom. The Morgan fingerprint density at radius 3 is 2.00 bits per heavy atom. The van der Waals surface area contributed by atoms with Gasteiger partial charge in [0, 0.05) is 15.4 Å². The van der Waals surface area contributed by atoms with Gasteiger partial charge in [-0.2, -0.15) is 0 Å². The molecule has 1 nitrogen and oxygen atoms in total. The number of ketones is 1. The van der Waals surface area contributed by atoms with Gasteiger partial charge >= 0.3 is 0 Å². The predicted molar refractivity (Wildman–Crippen MR) is 82.0 cm³/mol. The Kier molecular flexibility index (Phi) is 4.80. The van der Waals surface area contributed by atoms with E-state index in [0.29, 0.717) is 20.6 Å². The zero-order valence-electron chi connectivity index (χ0n) is 9.91. The number of hydrogen-bond donors (Lipinski definition) is 0. The highest BCUT2D eigenvalue weighted by molar-refractivity contribution is 7.99. The highest BCUT2D eigenvalue weighted by Crippen LogP contribution is 2.34. The molecule has 2 aromatic carbocycles. The van der Waals surface area contributed by atoms with Gasteiger partial charge in [0.1, 0.15) is 0 Å². The van der Waals surface area contributed by atoms with Crippen molar-refractivity contribution in [2.45, 2.75) is 16.7 Å². The number of hydrogen-bond acceptors (Lipinski definition) is 2. The molecular formula is C14H9Cl3OS. The molecule has 0 amide bonds. The molecule has 5 heteroatoms. The van der Waals surface area contributed by atoms with Crippen LogP contribution in [0.2, 0.25) is 15.1 Å². The van der Waals surface area contributed by atoms with Gasteiger partial charge in [0.15, 0.2) is 5.78 Å². The van der Waals surface area contributed by atoms with E-state index >= 15 is 0 Å². The van der Waals surface area contributed by atoms with E-state index in [1.807, 2.05) is 12.1 Å². The summed E-state index contributed by atoms with van der Waals surface area (Å²) in [6.45, 7) is 1.49. The van der Waals surface area contributed by atoms with Crippen LogP contribution in [-0.2, 0) is 0 Å². The van der Waals surface area contributed by atoms with Crippen LogP contribution in [0.15, 0.2) is 46.2 Å². The molecule has 0 bridgehead atoms. The molecule has 19 heavy (non-hydrogen) atoms. The van der Waals surface area contributed by atoms with Crippen LogP contribution >= 0.6 is 46.6 Å². The lowest BCUT2D eigenvalue weighted by Crippen LogP contribution is -1.92. The van der Waals surface area contributed by atoms with Crippen molar-refractivity contribution in [1.29, 1.82) is 0 Å². The molecule has 0 atom stereocenters. The van der Waals surface area contributed by atoms with Crippen molar-refractivity contribution in [2.75, 3.05) is 0 Å². The average molecular weight is 332 g/mol. The van der Waals surface area contributed by atoms with Gasteiger partial charge in [-0.25, -0.2) is 0 Å². The molecule has 0 radical (unpaired) electrons. The van der Waals surface area contributed by atoms with Crippen molar-refractivity contribution in [2.24, 2.45) is 0 Å². The van der Waals surface area contributed by atoms with Crippen molar-refractivity contribution >= 4 is 52.3 Å². The van der Waals surface area contributed by atoms with Gasteiger partial charge in [0.05, 0.1) is 15.1 Å². The van der Waals surface area contributed by atoms with Crippen molar-refractivity contribution in [3.05, 3.63) is 57.0 Å². The van der Waals surface area contributed by atoms with Gasteiger partial charge in [-0.15, -0.1) is 0 Å². The molecule has 0 spiro atoms. The summed E-state index contributed by atoms with van der Waals surface area (Å²) in [7, 11) is 0. The van der Waals surface area contributed by atoms with E-state index in [1.165, 1.54) is 18.7 Å². The zero-order chi connectivity index (χ0) is 14.0. The van der Waals surface area contributed by atoms with Gasteiger partial charge in [-0.3, -0.25) is 4.79 Å². The molecule has 2 rings (SSSR count). The lowest BCUT2D eigenvalue weighted by atomic mass is 10.1. The van der Waals surface area contributed by atoms with E-state index in [1.54, 1.807) is 24.3 Å². The standard InChI is InChI=1S/C14H9Cl3OS/c1-8(18)11-4-2-9(6-13(11)16)19-10-3-5-12(15)14(17)7-10/h2-7H,1H3. The van der Waals surface area contributed by atoms with E-state index in [9.17, 15) is 4.79 Å². The van der Waals surface area contributed by atoms with Crippen molar-refractivity contribution in [1.82, 2.24) is 0 Å². The van der Waals surface area contributed by atoms with Crippen molar-refractivity contribution in [3.63, 3.8) is 0 Å². The fourth-order valence-corrected chi connectivity index (χ4v) is 3.16. The summed E-state index contributed by atoms with van der Waals surface area (Å²) in [5.74, 6) is -0.0453. The third-order valence-corrected chi connectivity index (χ3v) is 4.48. The van der Waals surface area contributed by atoms with Gasteiger partial charge < -0.3 is 0 Å². The second-order valence-corrected chi connectivity index (χ2v) is 6.24. The molecule has 0 unspecified atom stereocenters. The summed E-state index contributed by atoms with van der Waals surface area (Å²) in [5, 5.41) is 1.49. The molecule has 0 aliphatic carbocycles. The summed E-state index contributed by atoms with van der Waals surface area (Å²) >= 11 is 19.4. The maximum atomic E-state index is 11.3. The van der Waals surface area contributed by atoms with Crippen LogP contribution < -0.4 is 0 Å². The Morgan fingerprint density at radius 2 is 1.47 bits per heavy atom. The molecule has 0 fully saturated rings. The maximum absolute atomic E-state index is 11.3. The number of benzene rings is 2. The zero-order valence-corrected chi connectivity index (χ0v) is 13.0. The molecule has 98 valence electrons. The third-order valence-electron chi connectivity index (χ3n) is 2.45. The van der Waals surface area contributed by atoms with Crippen LogP contribution in [0.4, 0.5) is 0 Å². The predicted octanol–water partition coefficient (Wildman–Crippen LogP) is 6.00. The molecule has 0 heterocycles. The van der Waals surface area contributed by atoms with Gasteiger partial charge in [0.2, 0.25) is 0 Å². The van der Waals surface area contributed by atoms with Crippen LogP contribution in [0.1, 0.15) is 17.3 Å². The molecule has 0 N–H and O–H groups in total. The highest BCUT2D eigenvalue weighted by Gasteiger charge is 2.07. The van der Waals surface area contributed by atoms with Gasteiger partial charge in [-0.05, 0) is 43.3 Å². The number of halogens is 3. The second-order valence-electron chi connectivity index (χ2n) is 3.88. The molecule has 0 saturated carbocycles. The van der Waals surface area contributed by atoms with Crippen LogP contribution in [0.5, 0.6) is 0 Å². The summed E-state index contributed by atoms with van der Waals surface area (Å²) < 4.78 is 0. The number of rotatable bonds is 3. The second kappa shape index (κ2) is 6.19. The van der Waals surface area contributed by atoms with Crippen LogP contribution in [0, 0.1) is 0 Å². The Bertz CT molecular complexity index is 641. The third kappa shape index (κ3) is 3.67. The first kappa shape index (κ1) is 14.7. The molecule has 0 aliphatic heterocycles. The molecule has 0 aliphatic rings.